The summed E-state index contributed by atoms with van der Waals surface area (Å²) in [6, 6.07) is 7.94. The van der Waals surface area contributed by atoms with Crippen LogP contribution in [0.1, 0.15) is 39.5 Å². The number of carbonyl (C=O) groups excluding carboxylic acids is 1. The number of fused-ring (bicyclic) bond motifs is 1. The lowest BCUT2D eigenvalue weighted by molar-refractivity contribution is -0.120. The number of nitrogens with one attached hydrogen (secondary N) is 2. The molecule has 0 aliphatic heterocycles. The zero-order chi connectivity index (χ0) is 18.0. The molecule has 1 heterocycles. The van der Waals surface area contributed by atoms with Crippen molar-refractivity contribution in [3.05, 3.63) is 29.6 Å². The highest BCUT2D eigenvalue weighted by Crippen LogP contribution is 2.28. The largest absolute Gasteiger partial charge is 0.326 e. The Labute approximate surface area is 152 Å². The van der Waals surface area contributed by atoms with Crippen molar-refractivity contribution in [2.75, 3.05) is 5.32 Å². The smallest absolute Gasteiger partial charge is 0.227 e. The van der Waals surface area contributed by atoms with Crippen molar-refractivity contribution in [3.8, 4) is 0 Å². The summed E-state index contributed by atoms with van der Waals surface area (Å²) in [6.45, 7) is 3.34. The van der Waals surface area contributed by atoms with E-state index in [4.69, 9.17) is 0 Å². The molecule has 0 bridgehead atoms. The zero-order valence-corrected chi connectivity index (χ0v) is 16.1. The van der Waals surface area contributed by atoms with Crippen LogP contribution in [-0.2, 0) is 14.8 Å². The van der Waals surface area contributed by atoms with E-state index in [1.807, 2.05) is 23.6 Å². The predicted octanol–water partition coefficient (Wildman–Crippen LogP) is 3.73. The number of benzene rings is 1. The summed E-state index contributed by atoms with van der Waals surface area (Å²) in [6.07, 6.45) is 2.82. The molecular formula is C18H24N2O3S2. The van der Waals surface area contributed by atoms with Gasteiger partial charge in [0.2, 0.25) is 15.9 Å². The molecule has 0 atom stereocenters. The number of rotatable bonds is 5. The van der Waals surface area contributed by atoms with Crippen molar-refractivity contribution >= 4 is 43.0 Å². The summed E-state index contributed by atoms with van der Waals surface area (Å²) < 4.78 is 27.8. The average molecular weight is 381 g/mol. The predicted molar refractivity (Wildman–Crippen MR) is 103 cm³/mol. The fraction of sp³-hybridized carbons (Fsp3) is 0.500. The Morgan fingerprint density at radius 1 is 1.16 bits per heavy atom. The van der Waals surface area contributed by atoms with E-state index in [9.17, 15) is 13.2 Å². The SMILES string of the molecule is CC(C)S(=O)(=O)NC1CCC(C(=O)Nc2ccc3ccsc3c2)CC1. The molecule has 1 saturated carbocycles. The molecule has 0 spiro atoms. The summed E-state index contributed by atoms with van der Waals surface area (Å²) in [5.41, 5.74) is 0.822. The normalized spacial score (nSPS) is 21.6. The molecule has 2 aromatic rings. The summed E-state index contributed by atoms with van der Waals surface area (Å²) in [7, 11) is -3.25. The highest BCUT2D eigenvalue weighted by molar-refractivity contribution is 7.90. The van der Waals surface area contributed by atoms with Crippen molar-refractivity contribution in [2.45, 2.75) is 50.8 Å². The van der Waals surface area contributed by atoms with Gasteiger partial charge in [-0.2, -0.15) is 0 Å². The van der Waals surface area contributed by atoms with E-state index in [-0.39, 0.29) is 17.9 Å². The molecule has 0 saturated heterocycles. The Morgan fingerprint density at radius 2 is 1.88 bits per heavy atom. The molecule has 1 aliphatic rings. The Bertz CT molecular complexity index is 850. The minimum atomic E-state index is -3.25. The first kappa shape index (κ1) is 18.4. The van der Waals surface area contributed by atoms with Gasteiger partial charge in [0.1, 0.15) is 0 Å². The van der Waals surface area contributed by atoms with Gasteiger partial charge >= 0.3 is 0 Å². The number of sulfonamides is 1. The third-order valence-electron chi connectivity index (χ3n) is 4.77. The summed E-state index contributed by atoms with van der Waals surface area (Å²) >= 11 is 1.66. The van der Waals surface area contributed by atoms with E-state index in [0.29, 0.717) is 25.7 Å². The number of hydrogen-bond acceptors (Lipinski definition) is 4. The molecule has 1 fully saturated rings. The zero-order valence-electron chi connectivity index (χ0n) is 14.5. The second-order valence-corrected chi connectivity index (χ2v) is 10.1. The van der Waals surface area contributed by atoms with E-state index >= 15 is 0 Å². The third kappa shape index (κ3) is 4.40. The topological polar surface area (TPSA) is 75.3 Å². The minimum absolute atomic E-state index is 0.0288. The van der Waals surface area contributed by atoms with Crippen molar-refractivity contribution in [1.29, 1.82) is 0 Å². The van der Waals surface area contributed by atoms with Crippen LogP contribution in [0.15, 0.2) is 29.6 Å². The molecule has 25 heavy (non-hydrogen) atoms. The molecule has 5 nitrogen and oxygen atoms in total. The molecule has 2 N–H and O–H groups in total. The maximum Gasteiger partial charge on any atom is 0.227 e. The Hall–Kier alpha value is -1.44. The van der Waals surface area contributed by atoms with Gasteiger partial charge in [0.05, 0.1) is 5.25 Å². The van der Waals surface area contributed by atoms with Crippen molar-refractivity contribution < 1.29 is 13.2 Å². The van der Waals surface area contributed by atoms with Crippen LogP contribution in [0.2, 0.25) is 0 Å². The molecule has 0 radical (unpaired) electrons. The molecule has 7 heteroatoms. The second-order valence-electron chi connectivity index (χ2n) is 6.92. The van der Waals surface area contributed by atoms with Crippen LogP contribution in [0, 0.1) is 5.92 Å². The summed E-state index contributed by atoms with van der Waals surface area (Å²) in [5.74, 6) is -0.0279. The monoisotopic (exact) mass is 380 g/mol. The molecule has 1 aromatic heterocycles. The van der Waals surface area contributed by atoms with Crippen molar-refractivity contribution in [1.82, 2.24) is 4.72 Å². The fourth-order valence-corrected chi connectivity index (χ4v) is 4.92. The highest BCUT2D eigenvalue weighted by atomic mass is 32.2. The van der Waals surface area contributed by atoms with Crippen LogP contribution in [0.3, 0.4) is 0 Å². The molecule has 1 aliphatic carbocycles. The number of anilines is 1. The first-order chi connectivity index (χ1) is 11.8. The van der Waals surface area contributed by atoms with Gasteiger partial charge in [0.15, 0.2) is 0 Å². The number of hydrogen-bond donors (Lipinski definition) is 2. The third-order valence-corrected chi connectivity index (χ3v) is 7.56. The van der Waals surface area contributed by atoms with Gasteiger partial charge in [-0.3, -0.25) is 4.79 Å². The van der Waals surface area contributed by atoms with Gasteiger partial charge in [-0.1, -0.05) is 6.07 Å². The molecule has 136 valence electrons. The first-order valence-corrected chi connectivity index (χ1v) is 11.1. The molecule has 0 unspecified atom stereocenters. The quantitative estimate of drug-likeness (QED) is 0.830. The van der Waals surface area contributed by atoms with E-state index in [2.05, 4.69) is 16.1 Å². The van der Waals surface area contributed by atoms with Gasteiger partial charge in [-0.05, 0) is 68.5 Å². The Balaban J connectivity index is 1.54. The molecule has 3 rings (SSSR count). The van der Waals surface area contributed by atoms with E-state index in [1.165, 1.54) is 5.39 Å². The standard InChI is InChI=1S/C18H24N2O3S2/c1-12(2)25(22,23)20-15-6-4-14(5-7-15)18(21)19-16-8-3-13-9-10-24-17(13)11-16/h3,8-12,14-15,20H,4-7H2,1-2H3,(H,19,21). The summed E-state index contributed by atoms with van der Waals surface area (Å²) in [4.78, 5) is 12.5. The van der Waals surface area contributed by atoms with Gasteiger partial charge in [0.25, 0.3) is 0 Å². The molecule has 1 amide bonds. The van der Waals surface area contributed by atoms with Crippen LogP contribution in [0.4, 0.5) is 5.69 Å². The average Bonchev–Trinajstić information content (AvgIpc) is 3.02. The lowest BCUT2D eigenvalue weighted by Gasteiger charge is -2.28. The Kier molecular flexibility index (Phi) is 5.46. The second kappa shape index (κ2) is 7.43. The fourth-order valence-electron chi connectivity index (χ4n) is 3.12. The van der Waals surface area contributed by atoms with Crippen LogP contribution in [-0.4, -0.2) is 25.6 Å². The lowest BCUT2D eigenvalue weighted by atomic mass is 9.86. The first-order valence-electron chi connectivity index (χ1n) is 8.64. The van der Waals surface area contributed by atoms with Gasteiger partial charge in [-0.25, -0.2) is 13.1 Å². The molecular weight excluding hydrogens is 356 g/mol. The van der Waals surface area contributed by atoms with Gasteiger partial charge < -0.3 is 5.32 Å². The van der Waals surface area contributed by atoms with Crippen LogP contribution in [0.25, 0.3) is 10.1 Å². The number of amides is 1. The summed E-state index contributed by atoms with van der Waals surface area (Å²) in [5, 5.41) is 5.79. The van der Waals surface area contributed by atoms with Crippen LogP contribution < -0.4 is 10.0 Å². The van der Waals surface area contributed by atoms with Crippen molar-refractivity contribution in [3.63, 3.8) is 0 Å². The Morgan fingerprint density at radius 3 is 2.56 bits per heavy atom. The molecule has 1 aromatic carbocycles. The van der Waals surface area contributed by atoms with E-state index in [0.717, 1.165) is 10.4 Å². The van der Waals surface area contributed by atoms with Crippen molar-refractivity contribution in [2.24, 2.45) is 5.92 Å². The van der Waals surface area contributed by atoms with Crippen LogP contribution in [0.5, 0.6) is 0 Å². The minimum Gasteiger partial charge on any atom is -0.326 e. The van der Waals surface area contributed by atoms with E-state index < -0.39 is 15.3 Å². The number of thiophene rings is 1. The van der Waals surface area contributed by atoms with Crippen LogP contribution >= 0.6 is 11.3 Å². The maximum atomic E-state index is 12.5. The van der Waals surface area contributed by atoms with Gasteiger partial charge in [0, 0.05) is 22.3 Å². The van der Waals surface area contributed by atoms with E-state index in [1.54, 1.807) is 25.2 Å². The maximum absolute atomic E-state index is 12.5. The number of carbonyl (C=O) groups is 1. The highest BCUT2D eigenvalue weighted by Gasteiger charge is 2.29. The van der Waals surface area contributed by atoms with Gasteiger partial charge in [-0.15, -0.1) is 11.3 Å². The lowest BCUT2D eigenvalue weighted by Crippen LogP contribution is -2.42.